The number of carbonyl (C=O) groups excluding carboxylic acids is 1. The molecule has 0 radical (unpaired) electrons. The molecule has 1 aromatic heterocycles. The van der Waals surface area contributed by atoms with E-state index in [1.165, 1.54) is 6.07 Å². The minimum Gasteiger partial charge on any atom is -0.352 e. The Balaban J connectivity index is 0.00000264. The van der Waals surface area contributed by atoms with Crippen molar-refractivity contribution < 1.29 is 9.72 Å². The standard InChI is InChI=1S/C14H21N5O3.ClH/c1-11-13(9-12(10-17-11)19(21)22)14(20)16-3-2-6-18-7-4-15-5-8-18;/h9-10,15H,2-8H2,1H3,(H,16,20);1H. The number of halogens is 1. The van der Waals surface area contributed by atoms with Gasteiger partial charge in [-0.3, -0.25) is 19.9 Å². The van der Waals surface area contributed by atoms with Crippen molar-refractivity contribution in [1.29, 1.82) is 0 Å². The fraction of sp³-hybridized carbons (Fsp3) is 0.571. The first-order valence-corrected chi connectivity index (χ1v) is 7.40. The molecule has 8 nitrogen and oxygen atoms in total. The van der Waals surface area contributed by atoms with E-state index in [-0.39, 0.29) is 29.6 Å². The van der Waals surface area contributed by atoms with Crippen molar-refractivity contribution in [3.8, 4) is 0 Å². The van der Waals surface area contributed by atoms with E-state index in [0.29, 0.717) is 12.2 Å². The second kappa shape index (κ2) is 9.39. The first-order valence-electron chi connectivity index (χ1n) is 7.40. The number of rotatable bonds is 6. The molecule has 1 aliphatic heterocycles. The van der Waals surface area contributed by atoms with Gasteiger partial charge in [-0.15, -0.1) is 12.4 Å². The predicted molar refractivity (Wildman–Crippen MR) is 89.1 cm³/mol. The van der Waals surface area contributed by atoms with Crippen LogP contribution in [0.2, 0.25) is 0 Å². The lowest BCUT2D eigenvalue weighted by Crippen LogP contribution is -2.44. The Labute approximate surface area is 141 Å². The summed E-state index contributed by atoms with van der Waals surface area (Å²) in [4.78, 5) is 28.5. The molecule has 2 N–H and O–H groups in total. The summed E-state index contributed by atoms with van der Waals surface area (Å²) in [5.74, 6) is -0.311. The second-order valence-electron chi connectivity index (χ2n) is 5.28. The maximum atomic E-state index is 12.1. The lowest BCUT2D eigenvalue weighted by molar-refractivity contribution is -0.385. The maximum Gasteiger partial charge on any atom is 0.288 e. The molecule has 2 heterocycles. The number of nitro groups is 1. The summed E-state index contributed by atoms with van der Waals surface area (Å²) in [6, 6.07) is 1.27. The van der Waals surface area contributed by atoms with Gasteiger partial charge >= 0.3 is 0 Å². The SMILES string of the molecule is Cc1ncc([N+](=O)[O-])cc1C(=O)NCCCN1CCNCC1.Cl. The normalized spacial score (nSPS) is 14.8. The van der Waals surface area contributed by atoms with E-state index in [0.717, 1.165) is 45.3 Å². The number of pyridine rings is 1. The zero-order chi connectivity index (χ0) is 15.9. The number of piperazine rings is 1. The first kappa shape index (κ1) is 19.3. The quantitative estimate of drug-likeness (QED) is 0.449. The summed E-state index contributed by atoms with van der Waals surface area (Å²) in [7, 11) is 0. The summed E-state index contributed by atoms with van der Waals surface area (Å²) < 4.78 is 0. The van der Waals surface area contributed by atoms with Crippen molar-refractivity contribution in [2.45, 2.75) is 13.3 Å². The molecule has 1 amide bonds. The third-order valence-electron chi connectivity index (χ3n) is 3.67. The maximum absolute atomic E-state index is 12.1. The van der Waals surface area contributed by atoms with Crippen molar-refractivity contribution >= 4 is 24.0 Å². The lowest BCUT2D eigenvalue weighted by atomic mass is 10.2. The highest BCUT2D eigenvalue weighted by molar-refractivity contribution is 5.95. The molecular weight excluding hydrogens is 322 g/mol. The van der Waals surface area contributed by atoms with Gasteiger partial charge in [-0.05, 0) is 19.9 Å². The van der Waals surface area contributed by atoms with Crippen molar-refractivity contribution in [3.63, 3.8) is 0 Å². The largest absolute Gasteiger partial charge is 0.352 e. The topological polar surface area (TPSA) is 100 Å². The van der Waals surface area contributed by atoms with Crippen molar-refractivity contribution in [2.75, 3.05) is 39.3 Å². The number of nitrogens with zero attached hydrogens (tertiary/aromatic N) is 3. The van der Waals surface area contributed by atoms with Crippen LogP contribution in [-0.2, 0) is 0 Å². The molecule has 0 bridgehead atoms. The van der Waals surface area contributed by atoms with E-state index in [1.54, 1.807) is 6.92 Å². The van der Waals surface area contributed by atoms with Crippen LogP contribution in [0, 0.1) is 17.0 Å². The fourth-order valence-electron chi connectivity index (χ4n) is 2.39. The Hall–Kier alpha value is -1.77. The summed E-state index contributed by atoms with van der Waals surface area (Å²) in [5.41, 5.74) is 0.582. The van der Waals surface area contributed by atoms with Crippen LogP contribution in [0.3, 0.4) is 0 Å². The molecule has 23 heavy (non-hydrogen) atoms. The molecule has 128 valence electrons. The van der Waals surface area contributed by atoms with Gasteiger partial charge in [0, 0.05) is 38.8 Å². The van der Waals surface area contributed by atoms with E-state index in [2.05, 4.69) is 20.5 Å². The number of hydrogen-bond donors (Lipinski definition) is 2. The summed E-state index contributed by atoms with van der Waals surface area (Å²) >= 11 is 0. The second-order valence-corrected chi connectivity index (χ2v) is 5.28. The number of nitrogens with one attached hydrogen (secondary N) is 2. The van der Waals surface area contributed by atoms with Gasteiger partial charge in [0.25, 0.3) is 11.6 Å². The first-order chi connectivity index (χ1) is 10.6. The van der Waals surface area contributed by atoms with Crippen LogP contribution in [0.15, 0.2) is 12.3 Å². The molecule has 0 aromatic carbocycles. The molecule has 2 rings (SSSR count). The average Bonchev–Trinajstić information content (AvgIpc) is 2.52. The van der Waals surface area contributed by atoms with Gasteiger partial charge in [-0.1, -0.05) is 0 Å². The third kappa shape index (κ3) is 5.74. The van der Waals surface area contributed by atoms with Crippen LogP contribution in [0.1, 0.15) is 22.5 Å². The summed E-state index contributed by atoms with van der Waals surface area (Å²) in [5, 5.41) is 16.8. The number of amides is 1. The minimum atomic E-state index is -0.548. The lowest BCUT2D eigenvalue weighted by Gasteiger charge is -2.27. The Kier molecular flexibility index (Phi) is 7.87. The number of aromatic nitrogens is 1. The highest BCUT2D eigenvalue weighted by atomic mass is 35.5. The molecular formula is C14H22ClN5O3. The zero-order valence-electron chi connectivity index (χ0n) is 13.1. The number of aryl methyl sites for hydroxylation is 1. The van der Waals surface area contributed by atoms with Crippen LogP contribution in [0.4, 0.5) is 5.69 Å². The van der Waals surface area contributed by atoms with E-state index >= 15 is 0 Å². The summed E-state index contributed by atoms with van der Waals surface area (Å²) in [6.07, 6.45) is 2.02. The molecule has 0 spiro atoms. The van der Waals surface area contributed by atoms with Crippen molar-refractivity contribution in [1.82, 2.24) is 20.5 Å². The number of hydrogen-bond acceptors (Lipinski definition) is 6. The van der Waals surface area contributed by atoms with E-state index in [4.69, 9.17) is 0 Å². The Bertz CT molecular complexity index is 549. The molecule has 0 aliphatic carbocycles. The summed E-state index contributed by atoms with van der Waals surface area (Å²) in [6.45, 7) is 7.22. The van der Waals surface area contributed by atoms with Crippen molar-refractivity contribution in [3.05, 3.63) is 33.6 Å². The third-order valence-corrected chi connectivity index (χ3v) is 3.67. The van der Waals surface area contributed by atoms with Gasteiger partial charge in [0.2, 0.25) is 0 Å². The van der Waals surface area contributed by atoms with E-state index in [9.17, 15) is 14.9 Å². The molecule has 1 fully saturated rings. The van der Waals surface area contributed by atoms with Gasteiger partial charge in [0.15, 0.2) is 0 Å². The Morgan fingerprint density at radius 3 is 2.83 bits per heavy atom. The van der Waals surface area contributed by atoms with Gasteiger partial charge in [-0.2, -0.15) is 0 Å². The monoisotopic (exact) mass is 343 g/mol. The van der Waals surface area contributed by atoms with Crippen LogP contribution in [0.5, 0.6) is 0 Å². The van der Waals surface area contributed by atoms with Gasteiger partial charge in [-0.25, -0.2) is 0 Å². The average molecular weight is 344 g/mol. The number of carbonyl (C=O) groups is 1. The molecule has 9 heteroatoms. The molecule has 1 aliphatic rings. The van der Waals surface area contributed by atoms with Crippen LogP contribution in [-0.4, -0.2) is 60.0 Å². The van der Waals surface area contributed by atoms with E-state index in [1.807, 2.05) is 0 Å². The molecule has 1 saturated heterocycles. The smallest absolute Gasteiger partial charge is 0.288 e. The molecule has 0 saturated carbocycles. The van der Waals surface area contributed by atoms with Gasteiger partial charge < -0.3 is 15.5 Å². The molecule has 0 atom stereocenters. The highest BCUT2D eigenvalue weighted by Gasteiger charge is 2.15. The van der Waals surface area contributed by atoms with Crippen LogP contribution in [0.25, 0.3) is 0 Å². The minimum absolute atomic E-state index is 0. The molecule has 0 unspecified atom stereocenters. The Morgan fingerprint density at radius 2 is 2.17 bits per heavy atom. The van der Waals surface area contributed by atoms with E-state index < -0.39 is 4.92 Å². The fourth-order valence-corrected chi connectivity index (χ4v) is 2.39. The van der Waals surface area contributed by atoms with Crippen molar-refractivity contribution in [2.24, 2.45) is 0 Å². The van der Waals surface area contributed by atoms with Crippen LogP contribution >= 0.6 is 12.4 Å². The highest BCUT2D eigenvalue weighted by Crippen LogP contribution is 2.14. The molecule has 1 aromatic rings. The van der Waals surface area contributed by atoms with Gasteiger partial charge in [0.1, 0.15) is 6.20 Å². The predicted octanol–water partition coefficient (Wildman–Crippen LogP) is 0.745. The van der Waals surface area contributed by atoms with Crippen LogP contribution < -0.4 is 10.6 Å². The Morgan fingerprint density at radius 1 is 1.48 bits per heavy atom. The zero-order valence-corrected chi connectivity index (χ0v) is 13.9. The van der Waals surface area contributed by atoms with Gasteiger partial charge in [0.05, 0.1) is 16.2 Å².